The van der Waals surface area contributed by atoms with E-state index in [1.165, 1.54) is 0 Å². The van der Waals surface area contributed by atoms with Gasteiger partial charge < -0.3 is 13.3 Å². The molecule has 0 bridgehead atoms. The van der Waals surface area contributed by atoms with Crippen molar-refractivity contribution in [2.45, 2.75) is 20.8 Å². The molecule has 3 nitrogen and oxygen atoms in total. The number of hydrogen-bond donors (Lipinski definition) is 0. The van der Waals surface area contributed by atoms with Gasteiger partial charge >= 0.3 is 9.53 Å². The van der Waals surface area contributed by atoms with Gasteiger partial charge in [-0.2, -0.15) is 0 Å². The Morgan fingerprint density at radius 1 is 0.833 bits per heavy atom. The second-order valence-corrected chi connectivity index (χ2v) is 3.23. The molecular weight excluding hydrogens is 219 g/mol. The zero-order valence-corrected chi connectivity index (χ0v) is 10.2. The maximum absolute atomic E-state index is 5.22. The van der Waals surface area contributed by atoms with Crippen LogP contribution in [0, 0.1) is 0 Å². The average molecular weight is 236 g/mol. The molecule has 0 N–H and O–H groups in total. The molecule has 0 heterocycles. The summed E-state index contributed by atoms with van der Waals surface area (Å²) in [6.07, 6.45) is 0. The van der Waals surface area contributed by atoms with Gasteiger partial charge in [0, 0.05) is 37.2 Å². The van der Waals surface area contributed by atoms with Crippen molar-refractivity contribution in [2.75, 3.05) is 19.8 Å². The van der Waals surface area contributed by atoms with Crippen LogP contribution in [0.25, 0.3) is 0 Å². The Kier molecular flexibility index (Phi) is 21.6. The summed E-state index contributed by atoms with van der Waals surface area (Å²) in [5, 5.41) is 0. The molecule has 0 spiro atoms. The van der Waals surface area contributed by atoms with E-state index in [9.17, 15) is 0 Å². The summed E-state index contributed by atoms with van der Waals surface area (Å²) in [6.45, 7) is 7.86. The van der Waals surface area contributed by atoms with Gasteiger partial charge in [0.1, 0.15) is 0 Å². The van der Waals surface area contributed by atoms with Crippen LogP contribution in [0.4, 0.5) is 4.70 Å². The molecule has 0 fully saturated rings. The molecule has 0 aromatic heterocycles. The Morgan fingerprint density at radius 2 is 1.08 bits per heavy atom. The first kappa shape index (κ1) is 18.4. The van der Waals surface area contributed by atoms with Crippen molar-refractivity contribution in [3.8, 4) is 0 Å². The van der Waals surface area contributed by atoms with E-state index in [4.69, 9.17) is 13.3 Å². The molecule has 0 saturated heterocycles. The van der Waals surface area contributed by atoms with Crippen LogP contribution in [-0.4, -0.2) is 29.3 Å². The summed E-state index contributed by atoms with van der Waals surface area (Å²) in [4.78, 5) is 0. The summed E-state index contributed by atoms with van der Waals surface area (Å²) < 4.78 is 15.7. The summed E-state index contributed by atoms with van der Waals surface area (Å²) in [5.41, 5.74) is 0. The Labute approximate surface area is 85.9 Å². The third-order valence-electron chi connectivity index (χ3n) is 0.908. The molecular formula is C6H17CrFO3Si. The van der Waals surface area contributed by atoms with Gasteiger partial charge in [0.2, 0.25) is 0 Å². The van der Waals surface area contributed by atoms with Crippen molar-refractivity contribution in [2.24, 2.45) is 0 Å². The second kappa shape index (κ2) is 14.1. The van der Waals surface area contributed by atoms with Crippen molar-refractivity contribution >= 4 is 9.53 Å². The fraction of sp³-hybridized carbons (Fsp3) is 1.00. The molecule has 0 saturated carbocycles. The predicted molar refractivity (Wildman–Crippen MR) is 44.5 cm³/mol. The van der Waals surface area contributed by atoms with Crippen molar-refractivity contribution in [3.63, 3.8) is 0 Å². The molecule has 76 valence electrons. The summed E-state index contributed by atoms with van der Waals surface area (Å²) in [5.74, 6) is 0. The average Bonchev–Trinajstić information content (AvgIpc) is 1.90. The molecule has 0 aliphatic rings. The van der Waals surface area contributed by atoms with E-state index in [1.807, 2.05) is 20.8 Å². The Bertz CT molecular complexity index is 65.5. The van der Waals surface area contributed by atoms with Gasteiger partial charge in [0.15, 0.2) is 0 Å². The molecule has 0 radical (unpaired) electrons. The first-order valence-corrected chi connectivity index (χ1v) is 5.11. The zero-order valence-electron chi connectivity index (χ0n) is 7.74. The third kappa shape index (κ3) is 10.6. The quantitative estimate of drug-likeness (QED) is 0.643. The zero-order chi connectivity index (χ0) is 7.82. The number of halogens is 1. The molecule has 0 amide bonds. The first-order valence-electron chi connectivity index (χ1n) is 3.69. The standard InChI is InChI=1S/C6H16O3Si.Cr.FH/c1-4-7-10(8-5-2)9-6-3;;/h10H,4-6H2,1-3H3;;1H. The summed E-state index contributed by atoms with van der Waals surface area (Å²) >= 11 is 0. The molecule has 0 aromatic rings. The summed E-state index contributed by atoms with van der Waals surface area (Å²) in [7, 11) is -1.73. The van der Waals surface area contributed by atoms with E-state index >= 15 is 0 Å². The van der Waals surface area contributed by atoms with Crippen LogP contribution in [0.5, 0.6) is 0 Å². The summed E-state index contributed by atoms with van der Waals surface area (Å²) in [6, 6.07) is 0. The predicted octanol–water partition coefficient (Wildman–Crippen LogP) is 0.963. The van der Waals surface area contributed by atoms with Gasteiger partial charge in [0.05, 0.1) is 0 Å². The van der Waals surface area contributed by atoms with Gasteiger partial charge in [-0.25, -0.2) is 0 Å². The van der Waals surface area contributed by atoms with Crippen molar-refractivity contribution < 1.29 is 35.3 Å². The van der Waals surface area contributed by atoms with Crippen LogP contribution in [0.15, 0.2) is 0 Å². The van der Waals surface area contributed by atoms with E-state index in [0.717, 1.165) is 0 Å². The fourth-order valence-corrected chi connectivity index (χ4v) is 1.66. The molecule has 0 aliphatic heterocycles. The fourth-order valence-electron chi connectivity index (χ4n) is 0.553. The van der Waals surface area contributed by atoms with Crippen LogP contribution in [0.3, 0.4) is 0 Å². The van der Waals surface area contributed by atoms with Gasteiger partial charge in [0.25, 0.3) is 0 Å². The minimum absolute atomic E-state index is 0. The Morgan fingerprint density at radius 3 is 1.25 bits per heavy atom. The minimum atomic E-state index is -1.73. The van der Waals surface area contributed by atoms with Crippen LogP contribution >= 0.6 is 0 Å². The van der Waals surface area contributed by atoms with Crippen molar-refractivity contribution in [1.82, 2.24) is 0 Å². The molecule has 0 aromatic carbocycles. The van der Waals surface area contributed by atoms with E-state index in [2.05, 4.69) is 0 Å². The molecule has 6 heteroatoms. The molecule has 0 rings (SSSR count). The van der Waals surface area contributed by atoms with Crippen LogP contribution in [0.2, 0.25) is 0 Å². The van der Waals surface area contributed by atoms with E-state index < -0.39 is 9.53 Å². The van der Waals surface area contributed by atoms with Crippen molar-refractivity contribution in [3.05, 3.63) is 0 Å². The maximum atomic E-state index is 5.22. The van der Waals surface area contributed by atoms with E-state index in [0.29, 0.717) is 19.8 Å². The van der Waals surface area contributed by atoms with Gasteiger partial charge in [-0.15, -0.1) is 0 Å². The molecule has 0 atom stereocenters. The van der Waals surface area contributed by atoms with Crippen LogP contribution < -0.4 is 0 Å². The van der Waals surface area contributed by atoms with Gasteiger partial charge in [-0.1, -0.05) is 0 Å². The molecule has 0 aliphatic carbocycles. The van der Waals surface area contributed by atoms with Crippen LogP contribution in [-0.2, 0) is 30.6 Å². The Balaban J connectivity index is -0.000000405. The number of hydrogen-bond acceptors (Lipinski definition) is 3. The number of rotatable bonds is 6. The largest absolute Gasteiger partial charge is 0.484 e. The first-order chi connectivity index (χ1) is 4.85. The minimum Gasteiger partial charge on any atom is -0.376 e. The van der Waals surface area contributed by atoms with E-state index in [1.54, 1.807) is 0 Å². The van der Waals surface area contributed by atoms with Gasteiger partial charge in [-0.05, 0) is 20.8 Å². The van der Waals surface area contributed by atoms with Gasteiger partial charge in [-0.3, -0.25) is 4.70 Å². The van der Waals surface area contributed by atoms with E-state index in [-0.39, 0.29) is 22.1 Å². The smallest absolute Gasteiger partial charge is 0.376 e. The Hall–Kier alpha value is 0.559. The SMILES string of the molecule is CCO[SiH](OCC)OCC.F.[Cr]. The van der Waals surface area contributed by atoms with Crippen molar-refractivity contribution in [1.29, 1.82) is 0 Å². The van der Waals surface area contributed by atoms with Crippen LogP contribution in [0.1, 0.15) is 20.8 Å². The topological polar surface area (TPSA) is 27.7 Å². The molecule has 12 heavy (non-hydrogen) atoms. The third-order valence-corrected chi connectivity index (χ3v) is 2.72. The molecule has 0 unspecified atom stereocenters. The maximum Gasteiger partial charge on any atom is 0.484 e. The normalized spacial score (nSPS) is 9.00. The monoisotopic (exact) mass is 236 g/mol. The second-order valence-electron chi connectivity index (χ2n) is 1.65.